The van der Waals surface area contributed by atoms with Crippen LogP contribution in [-0.2, 0) is 4.74 Å². The molecule has 1 aromatic rings. The Morgan fingerprint density at radius 2 is 2.12 bits per heavy atom. The monoisotopic (exact) mass is 224 g/mol. The molecule has 0 fully saturated rings. The van der Waals surface area contributed by atoms with Gasteiger partial charge in [0.2, 0.25) is 0 Å². The lowest BCUT2D eigenvalue weighted by atomic mass is 10.1. The summed E-state index contributed by atoms with van der Waals surface area (Å²) in [6, 6.07) is 4.68. The minimum absolute atomic E-state index is 0.0400. The molecule has 0 aliphatic rings. The first kappa shape index (κ1) is 12.5. The Morgan fingerprint density at radius 3 is 2.69 bits per heavy atom. The summed E-state index contributed by atoms with van der Waals surface area (Å²) < 4.78 is 10.1. The molecule has 0 unspecified atom stereocenters. The summed E-state index contributed by atoms with van der Waals surface area (Å²) >= 11 is 0. The summed E-state index contributed by atoms with van der Waals surface area (Å²) in [4.78, 5) is 11.4. The van der Waals surface area contributed by atoms with E-state index in [1.54, 1.807) is 26.2 Å². The third-order valence-electron chi connectivity index (χ3n) is 2.15. The SMILES string of the molecule is CCC(=O)c1ccc(OCCOC)cc1O. The van der Waals surface area contributed by atoms with Crippen LogP contribution in [0.1, 0.15) is 23.7 Å². The molecule has 0 saturated carbocycles. The zero-order valence-corrected chi connectivity index (χ0v) is 9.53. The molecule has 88 valence electrons. The number of phenolic OH excluding ortho intramolecular Hbond substituents is 1. The molecule has 0 aliphatic carbocycles. The Kier molecular flexibility index (Phi) is 4.79. The van der Waals surface area contributed by atoms with Crippen molar-refractivity contribution in [3.05, 3.63) is 23.8 Å². The second-order valence-corrected chi connectivity index (χ2v) is 3.30. The summed E-state index contributed by atoms with van der Waals surface area (Å²) in [5.74, 6) is 0.407. The maximum Gasteiger partial charge on any atom is 0.166 e. The smallest absolute Gasteiger partial charge is 0.166 e. The lowest BCUT2D eigenvalue weighted by Crippen LogP contribution is -2.04. The van der Waals surface area contributed by atoms with Gasteiger partial charge in [-0.25, -0.2) is 0 Å². The van der Waals surface area contributed by atoms with Crippen LogP contribution in [0, 0.1) is 0 Å². The van der Waals surface area contributed by atoms with Crippen LogP contribution in [0.3, 0.4) is 0 Å². The summed E-state index contributed by atoms with van der Waals surface area (Å²) in [5.41, 5.74) is 0.335. The van der Waals surface area contributed by atoms with Gasteiger partial charge in [0, 0.05) is 19.6 Å². The van der Waals surface area contributed by atoms with Gasteiger partial charge in [0.1, 0.15) is 18.1 Å². The van der Waals surface area contributed by atoms with E-state index >= 15 is 0 Å². The third kappa shape index (κ3) is 3.24. The van der Waals surface area contributed by atoms with E-state index in [-0.39, 0.29) is 11.5 Å². The molecule has 0 aliphatic heterocycles. The summed E-state index contributed by atoms with van der Waals surface area (Å²) in [7, 11) is 1.59. The number of ether oxygens (including phenoxy) is 2. The van der Waals surface area contributed by atoms with Crippen molar-refractivity contribution in [1.29, 1.82) is 0 Å². The normalized spacial score (nSPS) is 10.1. The second-order valence-electron chi connectivity index (χ2n) is 3.30. The van der Waals surface area contributed by atoms with Crippen LogP contribution in [0.2, 0.25) is 0 Å². The second kappa shape index (κ2) is 6.12. The van der Waals surface area contributed by atoms with Crippen LogP contribution in [0.5, 0.6) is 11.5 Å². The molecule has 16 heavy (non-hydrogen) atoms. The number of rotatable bonds is 6. The molecule has 1 rings (SSSR count). The highest BCUT2D eigenvalue weighted by Gasteiger charge is 2.09. The largest absolute Gasteiger partial charge is 0.507 e. The van der Waals surface area contributed by atoms with Crippen LogP contribution >= 0.6 is 0 Å². The molecule has 1 N–H and O–H groups in total. The first-order valence-electron chi connectivity index (χ1n) is 5.17. The highest BCUT2D eigenvalue weighted by Crippen LogP contribution is 2.24. The van der Waals surface area contributed by atoms with Crippen molar-refractivity contribution in [3.8, 4) is 11.5 Å². The van der Waals surface area contributed by atoms with Gasteiger partial charge in [-0.15, -0.1) is 0 Å². The zero-order valence-electron chi connectivity index (χ0n) is 9.53. The van der Waals surface area contributed by atoms with E-state index < -0.39 is 0 Å². The predicted molar refractivity (Wildman–Crippen MR) is 60.1 cm³/mol. The van der Waals surface area contributed by atoms with E-state index in [2.05, 4.69) is 0 Å². The maximum absolute atomic E-state index is 11.4. The summed E-state index contributed by atoms with van der Waals surface area (Å²) in [6.45, 7) is 2.65. The molecular formula is C12H16O4. The Balaban J connectivity index is 2.71. The number of carbonyl (C=O) groups is 1. The van der Waals surface area contributed by atoms with E-state index in [0.29, 0.717) is 30.9 Å². The van der Waals surface area contributed by atoms with Crippen molar-refractivity contribution in [2.75, 3.05) is 20.3 Å². The van der Waals surface area contributed by atoms with Gasteiger partial charge >= 0.3 is 0 Å². The minimum atomic E-state index is -0.0825. The van der Waals surface area contributed by atoms with Crippen molar-refractivity contribution in [3.63, 3.8) is 0 Å². The molecule has 0 bridgehead atoms. The fraction of sp³-hybridized carbons (Fsp3) is 0.417. The van der Waals surface area contributed by atoms with Crippen molar-refractivity contribution in [2.24, 2.45) is 0 Å². The van der Waals surface area contributed by atoms with E-state index in [9.17, 15) is 9.90 Å². The predicted octanol–water partition coefficient (Wildman–Crippen LogP) is 2.01. The molecule has 0 amide bonds. The Morgan fingerprint density at radius 1 is 1.38 bits per heavy atom. The molecule has 0 aromatic heterocycles. The number of methoxy groups -OCH3 is 1. The highest BCUT2D eigenvalue weighted by molar-refractivity contribution is 5.98. The number of benzene rings is 1. The van der Waals surface area contributed by atoms with Crippen molar-refractivity contribution in [2.45, 2.75) is 13.3 Å². The van der Waals surface area contributed by atoms with E-state index in [1.807, 2.05) is 0 Å². The van der Waals surface area contributed by atoms with Crippen molar-refractivity contribution < 1.29 is 19.4 Å². The van der Waals surface area contributed by atoms with Gasteiger partial charge in [0.15, 0.2) is 5.78 Å². The minimum Gasteiger partial charge on any atom is -0.507 e. The number of hydrogen-bond acceptors (Lipinski definition) is 4. The Labute approximate surface area is 94.8 Å². The lowest BCUT2D eigenvalue weighted by Gasteiger charge is -2.07. The van der Waals surface area contributed by atoms with Crippen molar-refractivity contribution >= 4 is 5.78 Å². The van der Waals surface area contributed by atoms with Crippen LogP contribution < -0.4 is 4.74 Å². The molecule has 1 aromatic carbocycles. The molecule has 4 nitrogen and oxygen atoms in total. The zero-order chi connectivity index (χ0) is 12.0. The number of ketones is 1. The Hall–Kier alpha value is -1.55. The topological polar surface area (TPSA) is 55.8 Å². The van der Waals surface area contributed by atoms with Crippen LogP contribution in [0.4, 0.5) is 0 Å². The van der Waals surface area contributed by atoms with Crippen LogP contribution in [0.15, 0.2) is 18.2 Å². The number of hydrogen-bond donors (Lipinski definition) is 1. The molecule has 4 heteroatoms. The first-order chi connectivity index (χ1) is 7.69. The van der Waals surface area contributed by atoms with Gasteiger partial charge in [0.05, 0.1) is 12.2 Å². The molecule has 0 radical (unpaired) electrons. The molecule has 0 spiro atoms. The number of carbonyl (C=O) groups excluding carboxylic acids is 1. The Bertz CT molecular complexity index is 360. The van der Waals surface area contributed by atoms with Crippen LogP contribution in [-0.4, -0.2) is 31.2 Å². The van der Waals surface area contributed by atoms with Gasteiger partial charge in [-0.1, -0.05) is 6.92 Å². The first-order valence-corrected chi connectivity index (χ1v) is 5.17. The average Bonchev–Trinajstić information content (AvgIpc) is 2.29. The molecule has 0 saturated heterocycles. The van der Waals surface area contributed by atoms with E-state index in [4.69, 9.17) is 9.47 Å². The van der Waals surface area contributed by atoms with Gasteiger partial charge in [-0.2, -0.15) is 0 Å². The van der Waals surface area contributed by atoms with Gasteiger partial charge < -0.3 is 14.6 Å². The summed E-state index contributed by atoms with van der Waals surface area (Å²) in [6.07, 6.45) is 0.372. The third-order valence-corrected chi connectivity index (χ3v) is 2.15. The number of Topliss-reactive ketones (excluding diaryl/α,β-unsaturated/α-hetero) is 1. The van der Waals surface area contributed by atoms with Crippen molar-refractivity contribution in [1.82, 2.24) is 0 Å². The number of aromatic hydroxyl groups is 1. The highest BCUT2D eigenvalue weighted by atomic mass is 16.5. The maximum atomic E-state index is 11.4. The lowest BCUT2D eigenvalue weighted by molar-refractivity contribution is 0.0985. The molecule has 0 heterocycles. The van der Waals surface area contributed by atoms with Crippen LogP contribution in [0.25, 0.3) is 0 Å². The molecule has 0 atom stereocenters. The number of phenols is 1. The summed E-state index contributed by atoms with van der Waals surface area (Å²) in [5, 5.41) is 9.62. The average molecular weight is 224 g/mol. The fourth-order valence-corrected chi connectivity index (χ4v) is 1.27. The standard InChI is InChI=1S/C12H16O4/c1-3-11(13)10-5-4-9(8-12(10)14)16-7-6-15-2/h4-5,8,14H,3,6-7H2,1-2H3. The molecular weight excluding hydrogens is 208 g/mol. The van der Waals surface area contributed by atoms with Gasteiger partial charge in [-0.3, -0.25) is 4.79 Å². The fourth-order valence-electron chi connectivity index (χ4n) is 1.27. The van der Waals surface area contributed by atoms with Gasteiger partial charge in [0.25, 0.3) is 0 Å². The van der Waals surface area contributed by atoms with Gasteiger partial charge in [-0.05, 0) is 12.1 Å². The quantitative estimate of drug-likeness (QED) is 0.593. The van der Waals surface area contributed by atoms with E-state index in [0.717, 1.165) is 0 Å². The van der Waals surface area contributed by atoms with E-state index in [1.165, 1.54) is 6.07 Å².